The lowest BCUT2D eigenvalue weighted by Gasteiger charge is -2.29. The van der Waals surface area contributed by atoms with E-state index in [-0.39, 0.29) is 35.6 Å². The number of hydrogen-bond acceptors (Lipinski definition) is 5. The van der Waals surface area contributed by atoms with Crippen LogP contribution in [0.15, 0.2) is 30.3 Å². The molecule has 5 heteroatoms. The first-order valence-corrected chi connectivity index (χ1v) is 8.41. The zero-order valence-electron chi connectivity index (χ0n) is 13.7. The molecule has 1 heterocycles. The van der Waals surface area contributed by atoms with Crippen molar-refractivity contribution in [1.29, 1.82) is 0 Å². The quantitative estimate of drug-likeness (QED) is 0.627. The highest BCUT2D eigenvalue weighted by Gasteiger charge is 2.64. The number of carbonyl (C=O) groups excluding carboxylic acids is 3. The summed E-state index contributed by atoms with van der Waals surface area (Å²) in [5.74, 6) is -1.54. The minimum atomic E-state index is -1.26. The summed E-state index contributed by atoms with van der Waals surface area (Å²) in [6, 6.07) is 8.78. The van der Waals surface area contributed by atoms with Gasteiger partial charge in [0.25, 0.3) is 0 Å². The number of esters is 2. The number of Topliss-reactive ketones (excluding diaryl/α,β-unsaturated/α-hetero) is 1. The number of ketones is 1. The van der Waals surface area contributed by atoms with Gasteiger partial charge < -0.3 is 9.47 Å². The van der Waals surface area contributed by atoms with Crippen LogP contribution in [0, 0.1) is 23.7 Å². The van der Waals surface area contributed by atoms with Crippen LogP contribution in [0.25, 0.3) is 0 Å². The topological polar surface area (TPSA) is 69.7 Å². The highest BCUT2D eigenvalue weighted by atomic mass is 16.6. The predicted octanol–water partition coefficient (Wildman–Crippen LogP) is 2.39. The summed E-state index contributed by atoms with van der Waals surface area (Å²) in [4.78, 5) is 37.4. The van der Waals surface area contributed by atoms with Gasteiger partial charge in [0, 0.05) is 11.5 Å². The Kier molecular flexibility index (Phi) is 3.31. The summed E-state index contributed by atoms with van der Waals surface area (Å²) in [5, 5.41) is 0. The summed E-state index contributed by atoms with van der Waals surface area (Å²) in [6.45, 7) is 3.20. The molecule has 0 unspecified atom stereocenters. The third kappa shape index (κ3) is 2.18. The number of rotatable bonds is 4. The van der Waals surface area contributed by atoms with Crippen molar-refractivity contribution in [3.05, 3.63) is 35.9 Å². The lowest BCUT2D eigenvalue weighted by Crippen LogP contribution is -2.42. The zero-order valence-corrected chi connectivity index (χ0v) is 13.7. The summed E-state index contributed by atoms with van der Waals surface area (Å²) in [6.07, 6.45) is 1.56. The lowest BCUT2D eigenvalue weighted by molar-refractivity contribution is -0.163. The summed E-state index contributed by atoms with van der Waals surface area (Å²) >= 11 is 0. The highest BCUT2D eigenvalue weighted by Crippen LogP contribution is 2.58. The Morgan fingerprint density at radius 1 is 1.17 bits per heavy atom. The number of ether oxygens (including phenoxy) is 2. The van der Waals surface area contributed by atoms with Gasteiger partial charge in [-0.2, -0.15) is 0 Å². The molecular weight excluding hydrogens is 308 g/mol. The van der Waals surface area contributed by atoms with E-state index in [0.29, 0.717) is 5.56 Å². The molecule has 24 heavy (non-hydrogen) atoms. The normalized spacial score (nSPS) is 33.4. The molecule has 126 valence electrons. The van der Waals surface area contributed by atoms with Crippen LogP contribution >= 0.6 is 0 Å². The van der Waals surface area contributed by atoms with Crippen LogP contribution in [0.1, 0.15) is 37.0 Å². The third-order valence-corrected chi connectivity index (χ3v) is 5.69. The maximum Gasteiger partial charge on any atom is 0.311 e. The van der Waals surface area contributed by atoms with Gasteiger partial charge in [0.15, 0.2) is 5.60 Å². The summed E-state index contributed by atoms with van der Waals surface area (Å²) < 4.78 is 10.9. The maximum absolute atomic E-state index is 12.7. The minimum Gasteiger partial charge on any atom is -0.462 e. The Bertz CT molecular complexity index is 706. The fourth-order valence-electron chi connectivity index (χ4n) is 4.63. The second-order valence-corrected chi connectivity index (χ2v) is 7.55. The Hall–Kier alpha value is -2.17. The van der Waals surface area contributed by atoms with Gasteiger partial charge in [-0.05, 0) is 32.6 Å². The molecule has 0 amide bonds. The van der Waals surface area contributed by atoms with Gasteiger partial charge in [0.05, 0.1) is 11.8 Å². The SMILES string of the molecule is CC(C)(OC(=O)[C@@H]1[C@@H]2C[C@@H]3[C@H]1C(=O)O[C@H]3C2)C(=O)c1ccccc1. The Morgan fingerprint density at radius 3 is 2.58 bits per heavy atom. The van der Waals surface area contributed by atoms with Crippen molar-refractivity contribution in [1.82, 2.24) is 0 Å². The standard InChI is InChI=1S/C19H20O5/c1-19(2,16(20)10-6-4-3-5-7-10)24-18(22)14-11-8-12-13(9-11)23-17(21)15(12)14/h3-7,11-15H,8-9H2,1-2H3/t11-,12+,13+,14-,15-/m1/s1. The van der Waals surface area contributed by atoms with Gasteiger partial charge in [0.1, 0.15) is 6.10 Å². The van der Waals surface area contributed by atoms with Crippen LogP contribution in [0.5, 0.6) is 0 Å². The molecule has 2 aliphatic carbocycles. The second-order valence-electron chi connectivity index (χ2n) is 7.55. The van der Waals surface area contributed by atoms with E-state index in [1.807, 2.05) is 6.07 Å². The molecule has 1 aliphatic heterocycles. The van der Waals surface area contributed by atoms with Crippen LogP contribution < -0.4 is 0 Å². The Labute approximate surface area is 140 Å². The average molecular weight is 328 g/mol. The van der Waals surface area contributed by atoms with E-state index in [4.69, 9.17) is 9.47 Å². The minimum absolute atomic E-state index is 0.0180. The molecule has 0 spiro atoms. The monoisotopic (exact) mass is 328 g/mol. The van der Waals surface area contributed by atoms with Crippen molar-refractivity contribution in [3.63, 3.8) is 0 Å². The predicted molar refractivity (Wildman–Crippen MR) is 84.0 cm³/mol. The van der Waals surface area contributed by atoms with Crippen LogP contribution in [0.3, 0.4) is 0 Å². The van der Waals surface area contributed by atoms with Gasteiger partial charge in [-0.25, -0.2) is 0 Å². The maximum atomic E-state index is 12.7. The first-order chi connectivity index (χ1) is 11.4. The first-order valence-electron chi connectivity index (χ1n) is 8.41. The molecule has 2 bridgehead atoms. The Balaban J connectivity index is 1.52. The van der Waals surface area contributed by atoms with Gasteiger partial charge in [-0.3, -0.25) is 14.4 Å². The van der Waals surface area contributed by atoms with Crippen LogP contribution in [0.2, 0.25) is 0 Å². The lowest BCUT2D eigenvalue weighted by atomic mass is 9.80. The molecule has 4 rings (SSSR count). The van der Waals surface area contributed by atoms with E-state index in [2.05, 4.69) is 0 Å². The van der Waals surface area contributed by atoms with E-state index in [1.54, 1.807) is 38.1 Å². The third-order valence-electron chi connectivity index (χ3n) is 5.69. The van der Waals surface area contributed by atoms with Gasteiger partial charge >= 0.3 is 11.9 Å². The van der Waals surface area contributed by atoms with Crippen molar-refractivity contribution in [2.24, 2.45) is 23.7 Å². The molecule has 2 saturated carbocycles. The van der Waals surface area contributed by atoms with E-state index in [1.165, 1.54) is 0 Å². The number of carbonyl (C=O) groups is 3. The molecule has 5 nitrogen and oxygen atoms in total. The summed E-state index contributed by atoms with van der Waals surface area (Å²) in [7, 11) is 0. The van der Waals surface area contributed by atoms with Gasteiger partial charge in [0.2, 0.25) is 5.78 Å². The Morgan fingerprint density at radius 2 is 1.88 bits per heavy atom. The van der Waals surface area contributed by atoms with Crippen molar-refractivity contribution in [2.75, 3.05) is 0 Å². The van der Waals surface area contributed by atoms with E-state index in [9.17, 15) is 14.4 Å². The number of hydrogen-bond donors (Lipinski definition) is 0. The van der Waals surface area contributed by atoms with Crippen LogP contribution in [-0.2, 0) is 19.1 Å². The molecule has 1 aromatic carbocycles. The molecule has 3 aliphatic rings. The molecular formula is C19H20O5. The fourth-order valence-corrected chi connectivity index (χ4v) is 4.63. The van der Waals surface area contributed by atoms with Gasteiger partial charge in [-0.15, -0.1) is 0 Å². The summed E-state index contributed by atoms with van der Waals surface area (Å²) in [5.41, 5.74) is -0.758. The van der Waals surface area contributed by atoms with Crippen LogP contribution in [0.4, 0.5) is 0 Å². The van der Waals surface area contributed by atoms with Crippen molar-refractivity contribution in [3.8, 4) is 0 Å². The molecule has 0 N–H and O–H groups in total. The van der Waals surface area contributed by atoms with E-state index in [0.717, 1.165) is 12.8 Å². The molecule has 5 atom stereocenters. The molecule has 3 fully saturated rings. The highest BCUT2D eigenvalue weighted by molar-refractivity contribution is 6.03. The molecule has 1 aromatic rings. The van der Waals surface area contributed by atoms with Crippen molar-refractivity contribution >= 4 is 17.7 Å². The largest absolute Gasteiger partial charge is 0.462 e. The molecule has 1 saturated heterocycles. The molecule has 0 aromatic heterocycles. The molecule has 0 radical (unpaired) electrons. The second kappa shape index (κ2) is 5.16. The smallest absolute Gasteiger partial charge is 0.311 e. The fraction of sp³-hybridized carbons (Fsp3) is 0.526. The van der Waals surface area contributed by atoms with E-state index < -0.39 is 17.5 Å². The van der Waals surface area contributed by atoms with Crippen molar-refractivity contribution < 1.29 is 23.9 Å². The first kappa shape index (κ1) is 15.4. The van der Waals surface area contributed by atoms with Crippen molar-refractivity contribution in [2.45, 2.75) is 38.4 Å². The number of fused-ring (bicyclic) bond motifs is 1. The van der Waals surface area contributed by atoms with Gasteiger partial charge in [-0.1, -0.05) is 30.3 Å². The van der Waals surface area contributed by atoms with Crippen LogP contribution in [-0.4, -0.2) is 29.4 Å². The number of benzene rings is 1. The van der Waals surface area contributed by atoms with E-state index >= 15 is 0 Å². The average Bonchev–Trinajstić information content (AvgIpc) is 3.16. The zero-order chi connectivity index (χ0) is 17.1.